The van der Waals surface area contributed by atoms with Gasteiger partial charge in [-0.2, -0.15) is 0 Å². The van der Waals surface area contributed by atoms with Crippen LogP contribution in [0.25, 0.3) is 0 Å². The quantitative estimate of drug-likeness (QED) is 0.748. The van der Waals surface area contributed by atoms with Gasteiger partial charge in [0, 0.05) is 32.4 Å². The Morgan fingerprint density at radius 1 is 0.846 bits per heavy atom. The average Bonchev–Trinajstić information content (AvgIpc) is 2.66. The van der Waals surface area contributed by atoms with Gasteiger partial charge in [0.15, 0.2) is 6.10 Å². The normalized spacial score (nSPS) is 11.3. The molecule has 0 fully saturated rings. The molecule has 2 rings (SSSR count). The molecule has 26 heavy (non-hydrogen) atoms. The number of amides is 2. The predicted molar refractivity (Wildman–Crippen MR) is 99.9 cm³/mol. The molecule has 2 aromatic rings. The highest BCUT2D eigenvalue weighted by Crippen LogP contribution is 2.17. The minimum absolute atomic E-state index is 0.235. The first-order chi connectivity index (χ1) is 12.4. The van der Waals surface area contributed by atoms with Crippen molar-refractivity contribution in [1.82, 2.24) is 0 Å². The summed E-state index contributed by atoms with van der Waals surface area (Å²) in [7, 11) is 3.20. The SMILES string of the molecule is CC(=O)O[C@H](CC(=O)N(C)c1ccccc1)C(=O)N(C)c1ccccc1. The van der Waals surface area contributed by atoms with Crippen LogP contribution in [-0.4, -0.2) is 38.0 Å². The summed E-state index contributed by atoms with van der Waals surface area (Å²) in [5.74, 6) is -1.39. The Bertz CT molecular complexity index is 762. The van der Waals surface area contributed by atoms with Gasteiger partial charge >= 0.3 is 5.97 Å². The molecule has 0 unspecified atom stereocenters. The van der Waals surface area contributed by atoms with E-state index in [4.69, 9.17) is 4.74 Å². The van der Waals surface area contributed by atoms with E-state index in [0.29, 0.717) is 11.4 Å². The number of hydrogen-bond donors (Lipinski definition) is 0. The molecule has 2 amide bonds. The summed E-state index contributed by atoms with van der Waals surface area (Å²) in [6.07, 6.45) is -1.42. The Balaban J connectivity index is 2.15. The van der Waals surface area contributed by atoms with Crippen molar-refractivity contribution in [2.45, 2.75) is 19.4 Å². The van der Waals surface area contributed by atoms with Crippen LogP contribution in [0.3, 0.4) is 0 Å². The fraction of sp³-hybridized carbons (Fsp3) is 0.250. The molecular weight excluding hydrogens is 332 g/mol. The summed E-state index contributed by atoms with van der Waals surface area (Å²) in [4.78, 5) is 39.6. The maximum atomic E-state index is 12.8. The lowest BCUT2D eigenvalue weighted by Gasteiger charge is -2.25. The molecule has 0 heterocycles. The third-order valence-electron chi connectivity index (χ3n) is 3.94. The topological polar surface area (TPSA) is 66.9 Å². The zero-order valence-corrected chi connectivity index (χ0v) is 15.1. The second kappa shape index (κ2) is 8.80. The molecule has 1 atom stereocenters. The van der Waals surface area contributed by atoms with Crippen LogP contribution in [0, 0.1) is 0 Å². The van der Waals surface area contributed by atoms with Crippen molar-refractivity contribution in [3.8, 4) is 0 Å². The lowest BCUT2D eigenvalue weighted by molar-refractivity contribution is -0.154. The number of benzene rings is 2. The molecule has 0 saturated carbocycles. The number of likely N-dealkylation sites (N-methyl/N-ethyl adjacent to an activating group) is 1. The molecule has 0 bridgehead atoms. The smallest absolute Gasteiger partial charge is 0.303 e. The summed E-state index contributed by atoms with van der Waals surface area (Å²) in [5.41, 5.74) is 1.35. The molecule has 0 aliphatic carbocycles. The molecule has 6 heteroatoms. The molecule has 136 valence electrons. The highest BCUT2D eigenvalue weighted by Gasteiger charge is 2.29. The van der Waals surface area contributed by atoms with E-state index in [1.807, 2.05) is 24.3 Å². The predicted octanol–water partition coefficient (Wildman–Crippen LogP) is 2.63. The highest BCUT2D eigenvalue weighted by atomic mass is 16.5. The Hall–Kier alpha value is -3.15. The van der Waals surface area contributed by atoms with E-state index in [1.165, 1.54) is 16.7 Å². The molecule has 0 spiro atoms. The lowest BCUT2D eigenvalue weighted by atomic mass is 10.1. The van der Waals surface area contributed by atoms with Crippen LogP contribution >= 0.6 is 0 Å². The number of esters is 1. The molecule has 0 radical (unpaired) electrons. The second-order valence-corrected chi connectivity index (χ2v) is 5.82. The number of ether oxygens (including phenoxy) is 1. The number of nitrogens with zero attached hydrogens (tertiary/aromatic N) is 2. The van der Waals surface area contributed by atoms with E-state index >= 15 is 0 Å². The lowest BCUT2D eigenvalue weighted by Crippen LogP contribution is -2.42. The van der Waals surface area contributed by atoms with E-state index in [2.05, 4.69) is 0 Å². The third-order valence-corrected chi connectivity index (χ3v) is 3.94. The number of rotatable bonds is 6. The second-order valence-electron chi connectivity index (χ2n) is 5.82. The summed E-state index contributed by atoms with van der Waals surface area (Å²) < 4.78 is 5.13. The Morgan fingerprint density at radius 2 is 1.31 bits per heavy atom. The van der Waals surface area contributed by atoms with Crippen LogP contribution in [0.1, 0.15) is 13.3 Å². The summed E-state index contributed by atoms with van der Waals surface area (Å²) >= 11 is 0. The number of para-hydroxylation sites is 2. The van der Waals surface area contributed by atoms with Crippen LogP contribution in [0.5, 0.6) is 0 Å². The van der Waals surface area contributed by atoms with Crippen molar-refractivity contribution >= 4 is 29.2 Å². The van der Waals surface area contributed by atoms with Crippen molar-refractivity contribution in [1.29, 1.82) is 0 Å². The van der Waals surface area contributed by atoms with Crippen molar-refractivity contribution < 1.29 is 19.1 Å². The first kappa shape index (κ1) is 19.2. The molecule has 0 aromatic heterocycles. The third kappa shape index (κ3) is 4.92. The fourth-order valence-corrected chi connectivity index (χ4v) is 2.47. The van der Waals surface area contributed by atoms with E-state index in [0.717, 1.165) is 0 Å². The van der Waals surface area contributed by atoms with E-state index in [1.54, 1.807) is 50.5 Å². The minimum atomic E-state index is -1.18. The molecule has 0 N–H and O–H groups in total. The van der Waals surface area contributed by atoms with Crippen LogP contribution in [0.2, 0.25) is 0 Å². The first-order valence-corrected chi connectivity index (χ1v) is 8.21. The molecule has 0 aliphatic heterocycles. The standard InChI is InChI=1S/C20H22N2O4/c1-15(23)26-18(20(25)22(3)17-12-8-5-9-13-17)14-19(24)21(2)16-10-6-4-7-11-16/h4-13,18H,14H2,1-3H3/t18-/m1/s1. The Morgan fingerprint density at radius 3 is 1.77 bits per heavy atom. The van der Waals surface area contributed by atoms with Gasteiger partial charge in [-0.25, -0.2) is 0 Å². The van der Waals surface area contributed by atoms with Crippen LogP contribution in [0.15, 0.2) is 60.7 Å². The van der Waals surface area contributed by atoms with Gasteiger partial charge in [-0.05, 0) is 24.3 Å². The minimum Gasteiger partial charge on any atom is -0.452 e. The van der Waals surface area contributed by atoms with Gasteiger partial charge in [0.2, 0.25) is 5.91 Å². The monoisotopic (exact) mass is 354 g/mol. The average molecular weight is 354 g/mol. The van der Waals surface area contributed by atoms with Crippen LogP contribution in [0.4, 0.5) is 11.4 Å². The number of carbonyl (C=O) groups excluding carboxylic acids is 3. The van der Waals surface area contributed by atoms with E-state index in [-0.39, 0.29) is 12.3 Å². The zero-order chi connectivity index (χ0) is 19.1. The highest BCUT2D eigenvalue weighted by molar-refractivity contribution is 6.02. The van der Waals surface area contributed by atoms with Gasteiger partial charge < -0.3 is 14.5 Å². The molecule has 2 aromatic carbocycles. The van der Waals surface area contributed by atoms with Crippen LogP contribution < -0.4 is 9.80 Å². The molecule has 0 saturated heterocycles. The van der Waals surface area contributed by atoms with E-state index < -0.39 is 18.0 Å². The van der Waals surface area contributed by atoms with Crippen molar-refractivity contribution in [2.24, 2.45) is 0 Å². The summed E-state index contributed by atoms with van der Waals surface area (Å²) in [6, 6.07) is 18.0. The number of carbonyl (C=O) groups is 3. The molecule has 6 nitrogen and oxygen atoms in total. The van der Waals surface area contributed by atoms with Gasteiger partial charge in [-0.1, -0.05) is 36.4 Å². The molecular formula is C20H22N2O4. The fourth-order valence-electron chi connectivity index (χ4n) is 2.47. The summed E-state index contributed by atoms with van der Waals surface area (Å²) in [6.45, 7) is 1.22. The summed E-state index contributed by atoms with van der Waals surface area (Å²) in [5, 5.41) is 0. The van der Waals surface area contributed by atoms with Gasteiger partial charge in [-0.3, -0.25) is 14.4 Å². The van der Waals surface area contributed by atoms with Gasteiger partial charge in [0.05, 0.1) is 6.42 Å². The van der Waals surface area contributed by atoms with Crippen LogP contribution in [-0.2, 0) is 19.1 Å². The Labute approximate surface area is 153 Å². The largest absolute Gasteiger partial charge is 0.452 e. The van der Waals surface area contributed by atoms with Crippen molar-refractivity contribution in [2.75, 3.05) is 23.9 Å². The van der Waals surface area contributed by atoms with Gasteiger partial charge in [-0.15, -0.1) is 0 Å². The number of anilines is 2. The van der Waals surface area contributed by atoms with Gasteiger partial charge in [0.1, 0.15) is 0 Å². The number of hydrogen-bond acceptors (Lipinski definition) is 4. The zero-order valence-electron chi connectivity index (χ0n) is 15.1. The Kier molecular flexibility index (Phi) is 6.49. The van der Waals surface area contributed by atoms with Crippen molar-refractivity contribution in [3.05, 3.63) is 60.7 Å². The van der Waals surface area contributed by atoms with E-state index in [9.17, 15) is 14.4 Å². The first-order valence-electron chi connectivity index (χ1n) is 8.21. The maximum Gasteiger partial charge on any atom is 0.303 e. The molecule has 0 aliphatic rings. The van der Waals surface area contributed by atoms with Gasteiger partial charge in [0.25, 0.3) is 5.91 Å². The maximum absolute atomic E-state index is 12.8. The van der Waals surface area contributed by atoms with Crippen molar-refractivity contribution in [3.63, 3.8) is 0 Å².